The second-order valence-electron chi connectivity index (χ2n) is 6.50. The van der Waals surface area contributed by atoms with Crippen LogP contribution in [0.3, 0.4) is 0 Å². The fraction of sp³-hybridized carbons (Fsp3) is 0.300. The molecule has 9 nitrogen and oxygen atoms in total. The molecule has 30 heavy (non-hydrogen) atoms. The second kappa shape index (κ2) is 9.93. The van der Waals surface area contributed by atoms with Gasteiger partial charge in [-0.25, -0.2) is 0 Å². The molecule has 1 aromatic carbocycles. The van der Waals surface area contributed by atoms with Crippen LogP contribution in [0.15, 0.2) is 47.1 Å². The molecule has 1 aliphatic rings. The van der Waals surface area contributed by atoms with Crippen molar-refractivity contribution in [3.05, 3.63) is 59.0 Å². The van der Waals surface area contributed by atoms with Crippen LogP contribution in [0.25, 0.3) is 0 Å². The molecule has 1 aromatic heterocycles. The highest BCUT2D eigenvalue weighted by Crippen LogP contribution is 2.10. The summed E-state index contributed by atoms with van der Waals surface area (Å²) in [4.78, 5) is 51.3. The highest BCUT2D eigenvalue weighted by atomic mass is 35.5. The predicted octanol–water partition coefficient (Wildman–Crippen LogP) is 1.19. The monoisotopic (exact) mass is 433 g/mol. The van der Waals surface area contributed by atoms with Gasteiger partial charge in [0.15, 0.2) is 12.4 Å². The molecule has 10 heteroatoms. The summed E-state index contributed by atoms with van der Waals surface area (Å²) in [5.74, 6) is -1.51. The molecular weight excluding hydrogens is 414 g/mol. The van der Waals surface area contributed by atoms with E-state index in [1.54, 1.807) is 29.2 Å². The SMILES string of the molecule is O=C(CNC(=O)c1ccc(Cl)cc1)OCC(=O)N1CCN(C(=O)c2ccco2)CC1. The molecule has 1 N–H and O–H groups in total. The number of nitrogens with one attached hydrogen (secondary N) is 1. The summed E-state index contributed by atoms with van der Waals surface area (Å²) in [6.07, 6.45) is 1.43. The number of carbonyl (C=O) groups excluding carboxylic acids is 4. The lowest BCUT2D eigenvalue weighted by molar-refractivity contribution is -0.151. The molecule has 2 aromatic rings. The number of hydrogen-bond donors (Lipinski definition) is 1. The van der Waals surface area contributed by atoms with Crippen LogP contribution in [0.4, 0.5) is 0 Å². The molecule has 3 amide bonds. The topological polar surface area (TPSA) is 109 Å². The smallest absolute Gasteiger partial charge is 0.325 e. The second-order valence-corrected chi connectivity index (χ2v) is 6.94. The van der Waals surface area contributed by atoms with Crippen molar-refractivity contribution in [2.24, 2.45) is 0 Å². The number of rotatable bonds is 6. The summed E-state index contributed by atoms with van der Waals surface area (Å²) < 4.78 is 10.0. The van der Waals surface area contributed by atoms with Gasteiger partial charge >= 0.3 is 5.97 Å². The maximum Gasteiger partial charge on any atom is 0.325 e. The first-order chi connectivity index (χ1) is 14.4. The third-order valence-electron chi connectivity index (χ3n) is 4.51. The number of piperazine rings is 1. The average Bonchev–Trinajstić information content (AvgIpc) is 3.31. The van der Waals surface area contributed by atoms with E-state index in [4.69, 9.17) is 20.8 Å². The van der Waals surface area contributed by atoms with Gasteiger partial charge in [0.05, 0.1) is 6.26 Å². The van der Waals surface area contributed by atoms with Crippen LogP contribution < -0.4 is 5.32 Å². The number of ether oxygens (including phenoxy) is 1. The third-order valence-corrected chi connectivity index (χ3v) is 4.76. The van der Waals surface area contributed by atoms with Gasteiger partial charge in [-0.15, -0.1) is 0 Å². The Morgan fingerprint density at radius 2 is 1.67 bits per heavy atom. The predicted molar refractivity (Wildman–Crippen MR) is 106 cm³/mol. The molecule has 0 radical (unpaired) electrons. The lowest BCUT2D eigenvalue weighted by Gasteiger charge is -2.34. The van der Waals surface area contributed by atoms with Gasteiger partial charge in [-0.3, -0.25) is 19.2 Å². The van der Waals surface area contributed by atoms with Crippen molar-refractivity contribution in [2.45, 2.75) is 0 Å². The van der Waals surface area contributed by atoms with Crippen molar-refractivity contribution in [1.29, 1.82) is 0 Å². The quantitative estimate of drug-likeness (QED) is 0.685. The number of hydrogen-bond acceptors (Lipinski definition) is 6. The number of benzene rings is 1. The van der Waals surface area contributed by atoms with Crippen LogP contribution in [-0.4, -0.2) is 72.8 Å². The van der Waals surface area contributed by atoms with Crippen molar-refractivity contribution < 1.29 is 28.3 Å². The van der Waals surface area contributed by atoms with Gasteiger partial charge in [0.1, 0.15) is 6.54 Å². The Morgan fingerprint density at radius 3 is 2.30 bits per heavy atom. The zero-order valence-corrected chi connectivity index (χ0v) is 16.8. The molecule has 158 valence electrons. The largest absolute Gasteiger partial charge is 0.459 e. The minimum atomic E-state index is -0.725. The molecule has 1 fully saturated rings. The molecule has 0 atom stereocenters. The van der Waals surface area contributed by atoms with Crippen molar-refractivity contribution in [2.75, 3.05) is 39.3 Å². The van der Waals surface area contributed by atoms with Crippen LogP contribution in [0.1, 0.15) is 20.9 Å². The van der Waals surface area contributed by atoms with Gasteiger partial charge in [0.2, 0.25) is 0 Å². The Hall–Kier alpha value is -3.33. The lowest BCUT2D eigenvalue weighted by Crippen LogP contribution is -2.51. The van der Waals surface area contributed by atoms with Gasteiger partial charge in [-0.05, 0) is 36.4 Å². The summed E-state index contributed by atoms with van der Waals surface area (Å²) in [5, 5.41) is 2.91. The Morgan fingerprint density at radius 1 is 1.00 bits per heavy atom. The maximum atomic E-state index is 12.2. The Labute approximate surface area is 177 Å². The summed E-state index contributed by atoms with van der Waals surface area (Å²) >= 11 is 5.76. The van der Waals surface area contributed by atoms with E-state index in [1.165, 1.54) is 23.3 Å². The van der Waals surface area contributed by atoms with Crippen LogP contribution in [-0.2, 0) is 14.3 Å². The van der Waals surface area contributed by atoms with Crippen molar-refractivity contribution >= 4 is 35.3 Å². The van der Waals surface area contributed by atoms with E-state index in [0.717, 1.165) is 0 Å². The van der Waals surface area contributed by atoms with Gasteiger partial charge in [0.25, 0.3) is 17.7 Å². The Balaban J connectivity index is 1.36. The number of esters is 1. The minimum absolute atomic E-state index is 0.227. The number of halogens is 1. The van der Waals surface area contributed by atoms with E-state index in [1.807, 2.05) is 0 Å². The first-order valence-electron chi connectivity index (χ1n) is 9.24. The molecule has 0 aliphatic carbocycles. The number of amides is 3. The summed E-state index contributed by atoms with van der Waals surface area (Å²) in [6.45, 7) is 0.584. The zero-order valence-electron chi connectivity index (χ0n) is 16.0. The highest BCUT2D eigenvalue weighted by Gasteiger charge is 2.26. The molecule has 0 saturated carbocycles. The van der Waals surface area contributed by atoms with Crippen LogP contribution >= 0.6 is 11.6 Å². The summed E-state index contributed by atoms with van der Waals surface area (Å²) in [5.41, 5.74) is 0.352. The number of carbonyl (C=O) groups is 4. The van der Waals surface area contributed by atoms with Gasteiger partial charge in [-0.2, -0.15) is 0 Å². The van der Waals surface area contributed by atoms with E-state index in [-0.39, 0.29) is 24.1 Å². The molecule has 0 spiro atoms. The van der Waals surface area contributed by atoms with E-state index in [0.29, 0.717) is 36.8 Å². The lowest BCUT2D eigenvalue weighted by atomic mass is 10.2. The zero-order chi connectivity index (χ0) is 21.5. The first kappa shape index (κ1) is 21.4. The normalized spacial score (nSPS) is 13.6. The molecule has 3 rings (SSSR count). The van der Waals surface area contributed by atoms with Crippen molar-refractivity contribution in [3.63, 3.8) is 0 Å². The van der Waals surface area contributed by atoms with Crippen LogP contribution in [0.2, 0.25) is 5.02 Å². The highest BCUT2D eigenvalue weighted by molar-refractivity contribution is 6.30. The van der Waals surface area contributed by atoms with E-state index in [9.17, 15) is 19.2 Å². The standard InChI is InChI=1S/C20H20ClN3O6/c21-15-5-3-14(4-6-15)19(27)22-12-18(26)30-13-17(25)23-7-9-24(10-8-23)20(28)16-2-1-11-29-16/h1-6,11H,7-10,12-13H2,(H,22,27). The average molecular weight is 434 g/mol. The fourth-order valence-corrected chi connectivity index (χ4v) is 2.98. The van der Waals surface area contributed by atoms with Gasteiger partial charge < -0.3 is 24.3 Å². The van der Waals surface area contributed by atoms with Gasteiger partial charge in [0, 0.05) is 36.8 Å². The number of furan rings is 1. The van der Waals surface area contributed by atoms with Gasteiger partial charge in [-0.1, -0.05) is 11.6 Å². The molecule has 1 aliphatic heterocycles. The number of nitrogens with zero attached hydrogens (tertiary/aromatic N) is 2. The van der Waals surface area contributed by atoms with Crippen LogP contribution in [0.5, 0.6) is 0 Å². The van der Waals surface area contributed by atoms with Crippen LogP contribution in [0, 0.1) is 0 Å². The summed E-state index contributed by atoms with van der Waals surface area (Å²) in [6, 6.07) is 9.42. The molecule has 2 heterocycles. The van der Waals surface area contributed by atoms with Crippen molar-refractivity contribution in [3.8, 4) is 0 Å². The molecule has 0 bridgehead atoms. The Bertz CT molecular complexity index is 905. The maximum absolute atomic E-state index is 12.2. The van der Waals surface area contributed by atoms with E-state index in [2.05, 4.69) is 5.32 Å². The molecular formula is C20H20ClN3O6. The first-order valence-corrected chi connectivity index (χ1v) is 9.62. The Kier molecular flexibility index (Phi) is 7.08. The van der Waals surface area contributed by atoms with E-state index < -0.39 is 18.5 Å². The molecule has 0 unspecified atom stereocenters. The molecule has 1 saturated heterocycles. The minimum Gasteiger partial charge on any atom is -0.459 e. The van der Waals surface area contributed by atoms with E-state index >= 15 is 0 Å². The third kappa shape index (κ3) is 5.60. The fourth-order valence-electron chi connectivity index (χ4n) is 2.86. The van der Waals surface area contributed by atoms with Crippen molar-refractivity contribution in [1.82, 2.24) is 15.1 Å². The summed E-state index contributed by atoms with van der Waals surface area (Å²) in [7, 11) is 0.